The van der Waals surface area contributed by atoms with Crippen molar-refractivity contribution < 1.29 is 8.42 Å². The molecule has 4 nitrogen and oxygen atoms in total. The van der Waals surface area contributed by atoms with Gasteiger partial charge in [0.25, 0.3) is 0 Å². The molecule has 0 saturated heterocycles. The van der Waals surface area contributed by atoms with Crippen LogP contribution in [0.5, 0.6) is 0 Å². The zero-order valence-corrected chi connectivity index (χ0v) is 12.2. The van der Waals surface area contributed by atoms with E-state index in [0.29, 0.717) is 13.1 Å². The molecule has 6 heteroatoms. The van der Waals surface area contributed by atoms with E-state index >= 15 is 0 Å². The molecular weight excluding hydrogens is 272 g/mol. The molecule has 1 rings (SSSR count). The van der Waals surface area contributed by atoms with Crippen LogP contribution in [0.1, 0.15) is 24.0 Å². The first-order valence-corrected chi connectivity index (χ1v) is 7.42. The maximum absolute atomic E-state index is 11.7. The van der Waals surface area contributed by atoms with Crippen LogP contribution in [0, 0.1) is 6.92 Å². The number of hydrogen-bond acceptors (Lipinski definition) is 3. The number of unbranched alkanes of at least 4 members (excludes halogenated alkanes) is 1. The minimum Gasteiger partial charge on any atom is -0.330 e. The third-order valence-corrected chi connectivity index (χ3v) is 3.75. The fraction of sp³-hybridized carbons (Fsp3) is 0.500. The molecule has 0 saturated carbocycles. The van der Waals surface area contributed by atoms with Gasteiger partial charge in [0.05, 0.1) is 5.75 Å². The predicted octanol–water partition coefficient (Wildman–Crippen LogP) is 1.58. The molecule has 1 aromatic rings. The summed E-state index contributed by atoms with van der Waals surface area (Å²) in [5, 5.41) is 0. The monoisotopic (exact) mass is 292 g/mol. The molecule has 104 valence electrons. The molecule has 0 aliphatic heterocycles. The Balaban J connectivity index is 0.00000289. The predicted molar refractivity (Wildman–Crippen MR) is 77.3 cm³/mol. The summed E-state index contributed by atoms with van der Waals surface area (Å²) in [6, 6.07) is 7.53. The van der Waals surface area contributed by atoms with Gasteiger partial charge >= 0.3 is 0 Å². The second-order valence-electron chi connectivity index (χ2n) is 4.14. The Kier molecular flexibility index (Phi) is 8.18. The standard InChI is InChI=1S/C12H20N2O2S.ClH/c1-11-5-4-6-12(9-11)10-17(15,16)14-8-3-2-7-13;/h4-6,9,14H,2-3,7-8,10,13H2,1H3;1H. The molecule has 0 aromatic heterocycles. The summed E-state index contributed by atoms with van der Waals surface area (Å²) in [6.07, 6.45) is 1.62. The lowest BCUT2D eigenvalue weighted by atomic mass is 10.2. The Bertz CT molecular complexity index is 449. The normalized spacial score (nSPS) is 11.0. The average Bonchev–Trinajstić information content (AvgIpc) is 2.24. The number of benzene rings is 1. The van der Waals surface area contributed by atoms with Crippen LogP contribution in [0.4, 0.5) is 0 Å². The van der Waals surface area contributed by atoms with Gasteiger partial charge in [0.1, 0.15) is 0 Å². The lowest BCUT2D eigenvalue weighted by Crippen LogP contribution is -2.26. The van der Waals surface area contributed by atoms with Crippen LogP contribution in [-0.2, 0) is 15.8 Å². The summed E-state index contributed by atoms with van der Waals surface area (Å²) in [7, 11) is -3.22. The van der Waals surface area contributed by atoms with Gasteiger partial charge in [-0.15, -0.1) is 12.4 Å². The Morgan fingerprint density at radius 3 is 2.61 bits per heavy atom. The average molecular weight is 293 g/mol. The van der Waals surface area contributed by atoms with E-state index in [-0.39, 0.29) is 18.2 Å². The van der Waals surface area contributed by atoms with Gasteiger partial charge in [0, 0.05) is 6.54 Å². The van der Waals surface area contributed by atoms with Gasteiger partial charge in [-0.1, -0.05) is 29.8 Å². The summed E-state index contributed by atoms with van der Waals surface area (Å²) >= 11 is 0. The van der Waals surface area contributed by atoms with Crippen LogP contribution < -0.4 is 10.5 Å². The number of sulfonamides is 1. The van der Waals surface area contributed by atoms with E-state index in [1.165, 1.54) is 0 Å². The quantitative estimate of drug-likeness (QED) is 0.750. The molecule has 0 atom stereocenters. The molecule has 3 N–H and O–H groups in total. The third kappa shape index (κ3) is 6.96. The molecule has 0 spiro atoms. The molecule has 0 amide bonds. The first kappa shape index (κ1) is 17.4. The maximum atomic E-state index is 11.7. The summed E-state index contributed by atoms with van der Waals surface area (Å²) in [6.45, 7) is 3.01. The molecule has 0 radical (unpaired) electrons. The van der Waals surface area contributed by atoms with Crippen molar-refractivity contribution in [3.63, 3.8) is 0 Å². The second kappa shape index (κ2) is 8.48. The maximum Gasteiger partial charge on any atom is 0.215 e. The smallest absolute Gasteiger partial charge is 0.215 e. The van der Waals surface area contributed by atoms with E-state index in [0.717, 1.165) is 24.0 Å². The number of halogens is 1. The van der Waals surface area contributed by atoms with Crippen molar-refractivity contribution in [2.45, 2.75) is 25.5 Å². The van der Waals surface area contributed by atoms with Crippen molar-refractivity contribution >= 4 is 22.4 Å². The minimum atomic E-state index is -3.22. The van der Waals surface area contributed by atoms with E-state index < -0.39 is 10.0 Å². The van der Waals surface area contributed by atoms with Gasteiger partial charge in [-0.3, -0.25) is 0 Å². The zero-order valence-electron chi connectivity index (χ0n) is 10.6. The number of rotatable bonds is 7. The van der Waals surface area contributed by atoms with Crippen molar-refractivity contribution in [1.29, 1.82) is 0 Å². The van der Waals surface area contributed by atoms with E-state index in [2.05, 4.69) is 4.72 Å². The molecule has 0 aliphatic rings. The Morgan fingerprint density at radius 2 is 2.00 bits per heavy atom. The lowest BCUT2D eigenvalue weighted by Gasteiger charge is -2.07. The van der Waals surface area contributed by atoms with Crippen molar-refractivity contribution in [2.24, 2.45) is 5.73 Å². The highest BCUT2D eigenvalue weighted by Gasteiger charge is 2.10. The SMILES string of the molecule is Cc1cccc(CS(=O)(=O)NCCCCN)c1.Cl. The topological polar surface area (TPSA) is 72.2 Å². The van der Waals surface area contributed by atoms with Crippen LogP contribution in [0.15, 0.2) is 24.3 Å². The Morgan fingerprint density at radius 1 is 1.28 bits per heavy atom. The molecule has 0 unspecified atom stereocenters. The Labute approximate surface area is 115 Å². The summed E-state index contributed by atoms with van der Waals surface area (Å²) in [5.41, 5.74) is 7.23. The summed E-state index contributed by atoms with van der Waals surface area (Å²) in [5.74, 6) is 0.0390. The van der Waals surface area contributed by atoms with Crippen molar-refractivity contribution in [2.75, 3.05) is 13.1 Å². The van der Waals surface area contributed by atoms with Gasteiger partial charge < -0.3 is 5.73 Å². The Hall–Kier alpha value is -0.620. The summed E-state index contributed by atoms with van der Waals surface area (Å²) < 4.78 is 26.0. The highest BCUT2D eigenvalue weighted by atomic mass is 35.5. The highest BCUT2D eigenvalue weighted by molar-refractivity contribution is 7.88. The molecular formula is C12H21ClN2O2S. The largest absolute Gasteiger partial charge is 0.330 e. The van der Waals surface area contributed by atoms with Crippen LogP contribution in [0.2, 0.25) is 0 Å². The number of nitrogens with two attached hydrogens (primary N) is 1. The van der Waals surface area contributed by atoms with Crippen LogP contribution >= 0.6 is 12.4 Å². The van der Waals surface area contributed by atoms with Crippen molar-refractivity contribution in [1.82, 2.24) is 4.72 Å². The fourth-order valence-corrected chi connectivity index (χ4v) is 2.75. The fourth-order valence-electron chi connectivity index (χ4n) is 1.57. The number of nitrogens with one attached hydrogen (secondary N) is 1. The first-order chi connectivity index (χ1) is 8.03. The summed E-state index contributed by atoms with van der Waals surface area (Å²) in [4.78, 5) is 0. The van der Waals surface area contributed by atoms with Gasteiger partial charge in [0.2, 0.25) is 10.0 Å². The van der Waals surface area contributed by atoms with E-state index in [4.69, 9.17) is 5.73 Å². The number of aryl methyl sites for hydroxylation is 1. The third-order valence-electron chi connectivity index (χ3n) is 2.39. The minimum absolute atomic E-state index is 0. The van der Waals surface area contributed by atoms with Crippen molar-refractivity contribution in [3.05, 3.63) is 35.4 Å². The lowest BCUT2D eigenvalue weighted by molar-refractivity contribution is 0.576. The van der Waals surface area contributed by atoms with Crippen molar-refractivity contribution in [3.8, 4) is 0 Å². The van der Waals surface area contributed by atoms with E-state index in [9.17, 15) is 8.42 Å². The molecule has 0 heterocycles. The molecule has 1 aromatic carbocycles. The first-order valence-electron chi connectivity index (χ1n) is 5.76. The second-order valence-corrected chi connectivity index (χ2v) is 5.95. The molecule has 0 fully saturated rings. The highest BCUT2D eigenvalue weighted by Crippen LogP contribution is 2.07. The van der Waals surface area contributed by atoms with Gasteiger partial charge in [0.15, 0.2) is 0 Å². The van der Waals surface area contributed by atoms with Gasteiger partial charge in [-0.25, -0.2) is 13.1 Å². The van der Waals surface area contributed by atoms with Crippen LogP contribution in [-0.4, -0.2) is 21.5 Å². The van der Waals surface area contributed by atoms with E-state index in [1.807, 2.05) is 31.2 Å². The van der Waals surface area contributed by atoms with Gasteiger partial charge in [-0.05, 0) is 31.9 Å². The molecule has 0 bridgehead atoms. The molecule has 0 aliphatic carbocycles. The molecule has 18 heavy (non-hydrogen) atoms. The van der Waals surface area contributed by atoms with Crippen LogP contribution in [0.3, 0.4) is 0 Å². The van der Waals surface area contributed by atoms with Crippen LogP contribution in [0.25, 0.3) is 0 Å². The zero-order chi connectivity index (χ0) is 12.7. The van der Waals surface area contributed by atoms with Gasteiger partial charge in [-0.2, -0.15) is 0 Å². The number of hydrogen-bond donors (Lipinski definition) is 2. The van der Waals surface area contributed by atoms with E-state index in [1.54, 1.807) is 0 Å².